The number of halogens is 1. The highest BCUT2D eigenvalue weighted by Gasteiger charge is 2.14. The van der Waals surface area contributed by atoms with Gasteiger partial charge in [0.05, 0.1) is 6.61 Å². The third kappa shape index (κ3) is 2.72. The molecular weight excluding hydrogens is 242 g/mol. The first kappa shape index (κ1) is 9.99. The summed E-state index contributed by atoms with van der Waals surface area (Å²) in [5.41, 5.74) is 1.17. The minimum atomic E-state index is 0.675. The van der Waals surface area contributed by atoms with Gasteiger partial charge in [-0.25, -0.2) is 0 Å². The molecule has 1 saturated heterocycles. The Morgan fingerprint density at radius 2 is 2.43 bits per heavy atom. The molecule has 1 unspecified atom stereocenters. The monoisotopic (exact) mass is 255 g/mol. The summed E-state index contributed by atoms with van der Waals surface area (Å²) < 4.78 is 6.44. The molecule has 1 heterocycles. The Labute approximate surface area is 92.8 Å². The van der Waals surface area contributed by atoms with E-state index < -0.39 is 0 Å². The zero-order chi connectivity index (χ0) is 9.80. The van der Waals surface area contributed by atoms with E-state index in [-0.39, 0.29) is 0 Å². The van der Waals surface area contributed by atoms with Crippen molar-refractivity contribution in [2.24, 2.45) is 5.92 Å². The van der Waals surface area contributed by atoms with Crippen molar-refractivity contribution >= 4 is 21.6 Å². The van der Waals surface area contributed by atoms with Crippen LogP contribution in [0.3, 0.4) is 0 Å². The van der Waals surface area contributed by atoms with E-state index in [2.05, 4.69) is 33.4 Å². The average Bonchev–Trinajstić information content (AvgIpc) is 2.67. The van der Waals surface area contributed by atoms with Crippen LogP contribution in [0.15, 0.2) is 28.7 Å². The summed E-state index contributed by atoms with van der Waals surface area (Å²) in [5.74, 6) is 0.675. The van der Waals surface area contributed by atoms with Gasteiger partial charge in [0.15, 0.2) is 0 Å². The highest BCUT2D eigenvalue weighted by atomic mass is 79.9. The number of hydrogen-bond donors (Lipinski definition) is 1. The van der Waals surface area contributed by atoms with Gasteiger partial charge in [-0.15, -0.1) is 0 Å². The molecule has 0 bridgehead atoms. The Kier molecular flexibility index (Phi) is 3.43. The lowest BCUT2D eigenvalue weighted by Gasteiger charge is -2.10. The molecule has 1 aliphatic rings. The summed E-state index contributed by atoms with van der Waals surface area (Å²) in [4.78, 5) is 0. The molecule has 0 aliphatic carbocycles. The molecule has 2 rings (SSSR count). The van der Waals surface area contributed by atoms with E-state index in [1.165, 1.54) is 12.1 Å². The Balaban J connectivity index is 1.85. The van der Waals surface area contributed by atoms with E-state index in [4.69, 9.17) is 4.74 Å². The van der Waals surface area contributed by atoms with E-state index >= 15 is 0 Å². The molecule has 0 aromatic heterocycles. The molecule has 2 nitrogen and oxygen atoms in total. The first-order chi connectivity index (χ1) is 6.84. The normalized spacial score (nSPS) is 21.1. The quantitative estimate of drug-likeness (QED) is 0.897. The maximum absolute atomic E-state index is 5.32. The fourth-order valence-electron chi connectivity index (χ4n) is 1.60. The largest absolute Gasteiger partial charge is 0.385 e. The number of ether oxygens (including phenoxy) is 1. The van der Waals surface area contributed by atoms with Gasteiger partial charge in [0, 0.05) is 29.2 Å². The predicted molar refractivity (Wildman–Crippen MR) is 61.6 cm³/mol. The molecule has 3 heteroatoms. The van der Waals surface area contributed by atoms with Crippen molar-refractivity contribution in [2.75, 3.05) is 25.1 Å². The molecule has 0 amide bonds. The molecular formula is C11H14BrNO. The van der Waals surface area contributed by atoms with Crippen LogP contribution in [0.4, 0.5) is 5.69 Å². The topological polar surface area (TPSA) is 21.3 Å². The first-order valence-electron chi connectivity index (χ1n) is 4.92. The van der Waals surface area contributed by atoms with Crippen LogP contribution in [0.5, 0.6) is 0 Å². The Hall–Kier alpha value is -0.540. The van der Waals surface area contributed by atoms with Crippen LogP contribution in [-0.2, 0) is 4.74 Å². The number of benzene rings is 1. The van der Waals surface area contributed by atoms with E-state index in [0.717, 1.165) is 24.2 Å². The van der Waals surface area contributed by atoms with Gasteiger partial charge in [0.2, 0.25) is 0 Å². The van der Waals surface area contributed by atoms with Crippen LogP contribution in [0.1, 0.15) is 6.42 Å². The zero-order valence-electron chi connectivity index (χ0n) is 8.00. The van der Waals surface area contributed by atoms with Crippen molar-refractivity contribution < 1.29 is 4.74 Å². The minimum absolute atomic E-state index is 0.675. The Bertz CT molecular complexity index is 297. The van der Waals surface area contributed by atoms with E-state index in [1.54, 1.807) is 0 Å². The van der Waals surface area contributed by atoms with Gasteiger partial charge in [-0.1, -0.05) is 22.0 Å². The second-order valence-electron chi connectivity index (χ2n) is 3.62. The molecule has 1 aromatic rings. The fourth-order valence-corrected chi connectivity index (χ4v) is 2.00. The SMILES string of the molecule is Brc1cccc(NCC2CCOC2)c1. The minimum Gasteiger partial charge on any atom is -0.385 e. The molecule has 0 saturated carbocycles. The van der Waals surface area contributed by atoms with Gasteiger partial charge < -0.3 is 10.1 Å². The fraction of sp³-hybridized carbons (Fsp3) is 0.455. The summed E-state index contributed by atoms with van der Waals surface area (Å²) in [5, 5.41) is 3.42. The van der Waals surface area contributed by atoms with Gasteiger partial charge >= 0.3 is 0 Å². The molecule has 1 aromatic carbocycles. The van der Waals surface area contributed by atoms with E-state index in [1.807, 2.05) is 12.1 Å². The first-order valence-corrected chi connectivity index (χ1v) is 5.71. The van der Waals surface area contributed by atoms with Gasteiger partial charge in [-0.2, -0.15) is 0 Å². The van der Waals surface area contributed by atoms with Gasteiger partial charge in [0.1, 0.15) is 0 Å². The van der Waals surface area contributed by atoms with Gasteiger partial charge in [-0.05, 0) is 24.6 Å². The zero-order valence-corrected chi connectivity index (χ0v) is 9.59. The van der Waals surface area contributed by atoms with Gasteiger partial charge in [0.25, 0.3) is 0 Å². The lowest BCUT2D eigenvalue weighted by atomic mass is 10.1. The van der Waals surface area contributed by atoms with Crippen LogP contribution in [0.25, 0.3) is 0 Å². The molecule has 1 N–H and O–H groups in total. The Morgan fingerprint density at radius 3 is 3.14 bits per heavy atom. The molecule has 14 heavy (non-hydrogen) atoms. The second kappa shape index (κ2) is 4.80. The predicted octanol–water partition coefficient (Wildman–Crippen LogP) is 2.90. The number of anilines is 1. The standard InChI is InChI=1S/C11H14BrNO/c12-10-2-1-3-11(6-10)13-7-9-4-5-14-8-9/h1-3,6,9,13H,4-5,7-8H2. The van der Waals surface area contributed by atoms with Crippen molar-refractivity contribution in [3.63, 3.8) is 0 Å². The second-order valence-corrected chi connectivity index (χ2v) is 4.54. The number of nitrogens with one attached hydrogen (secondary N) is 1. The van der Waals surface area contributed by atoms with Crippen LogP contribution >= 0.6 is 15.9 Å². The van der Waals surface area contributed by atoms with Crippen molar-refractivity contribution in [1.29, 1.82) is 0 Å². The van der Waals surface area contributed by atoms with Crippen LogP contribution in [0.2, 0.25) is 0 Å². The van der Waals surface area contributed by atoms with Gasteiger partial charge in [-0.3, -0.25) is 0 Å². The summed E-state index contributed by atoms with van der Waals surface area (Å²) in [6.45, 7) is 2.84. The maximum atomic E-state index is 5.32. The number of hydrogen-bond acceptors (Lipinski definition) is 2. The Morgan fingerprint density at radius 1 is 1.50 bits per heavy atom. The average molecular weight is 256 g/mol. The van der Waals surface area contributed by atoms with Crippen molar-refractivity contribution in [1.82, 2.24) is 0 Å². The van der Waals surface area contributed by atoms with Crippen molar-refractivity contribution in [3.05, 3.63) is 28.7 Å². The lowest BCUT2D eigenvalue weighted by Crippen LogP contribution is -2.13. The summed E-state index contributed by atoms with van der Waals surface area (Å²) in [7, 11) is 0. The maximum Gasteiger partial charge on any atom is 0.0511 e. The van der Waals surface area contributed by atoms with Crippen molar-refractivity contribution in [2.45, 2.75) is 6.42 Å². The highest BCUT2D eigenvalue weighted by Crippen LogP contribution is 2.17. The molecule has 76 valence electrons. The van der Waals surface area contributed by atoms with E-state index in [9.17, 15) is 0 Å². The van der Waals surface area contributed by atoms with Crippen LogP contribution in [-0.4, -0.2) is 19.8 Å². The highest BCUT2D eigenvalue weighted by molar-refractivity contribution is 9.10. The molecule has 1 aliphatic heterocycles. The van der Waals surface area contributed by atoms with Crippen LogP contribution < -0.4 is 5.32 Å². The summed E-state index contributed by atoms with van der Waals surface area (Å²) >= 11 is 3.45. The summed E-state index contributed by atoms with van der Waals surface area (Å²) in [6.07, 6.45) is 1.18. The smallest absolute Gasteiger partial charge is 0.0511 e. The third-order valence-electron chi connectivity index (χ3n) is 2.44. The number of rotatable bonds is 3. The molecule has 0 radical (unpaired) electrons. The molecule has 1 fully saturated rings. The third-order valence-corrected chi connectivity index (χ3v) is 2.94. The lowest BCUT2D eigenvalue weighted by molar-refractivity contribution is 0.187. The van der Waals surface area contributed by atoms with Crippen LogP contribution in [0, 0.1) is 5.92 Å². The van der Waals surface area contributed by atoms with Crippen molar-refractivity contribution in [3.8, 4) is 0 Å². The summed E-state index contributed by atoms with van der Waals surface area (Å²) in [6, 6.07) is 8.25. The molecule has 0 spiro atoms. The van der Waals surface area contributed by atoms with E-state index in [0.29, 0.717) is 5.92 Å². The molecule has 1 atom stereocenters.